The van der Waals surface area contributed by atoms with Gasteiger partial charge in [0.15, 0.2) is 0 Å². The van der Waals surface area contributed by atoms with Crippen molar-refractivity contribution in [2.45, 2.75) is 24.9 Å². The normalized spacial score (nSPS) is 12.0. The summed E-state index contributed by atoms with van der Waals surface area (Å²) in [5.41, 5.74) is 0.218. The van der Waals surface area contributed by atoms with Crippen LogP contribution in [0.5, 0.6) is 5.75 Å². The molecule has 0 saturated heterocycles. The van der Waals surface area contributed by atoms with Gasteiger partial charge in [-0.15, -0.1) is 0 Å². The maximum Gasteiger partial charge on any atom is 0.405 e. The number of carbonyl (C=O) groups is 1. The van der Waals surface area contributed by atoms with Crippen molar-refractivity contribution in [2.24, 2.45) is 0 Å². The fourth-order valence-corrected chi connectivity index (χ4v) is 4.50. The van der Waals surface area contributed by atoms with E-state index in [-0.39, 0.29) is 40.7 Å². The highest BCUT2D eigenvalue weighted by Crippen LogP contribution is 2.29. The third-order valence-corrected chi connectivity index (χ3v) is 6.47. The summed E-state index contributed by atoms with van der Waals surface area (Å²) in [6, 6.07) is 9.84. The fraction of sp³-hybridized carbons (Fsp3) is 0.350. The van der Waals surface area contributed by atoms with Gasteiger partial charge in [0, 0.05) is 18.7 Å². The van der Waals surface area contributed by atoms with E-state index in [1.165, 1.54) is 47.8 Å². The number of carbonyl (C=O) groups excluding carboxylic acids is 1. The summed E-state index contributed by atoms with van der Waals surface area (Å²) in [4.78, 5) is 12.6. The summed E-state index contributed by atoms with van der Waals surface area (Å²) >= 11 is 0. The molecule has 0 spiro atoms. The van der Waals surface area contributed by atoms with E-state index >= 15 is 0 Å². The van der Waals surface area contributed by atoms with Crippen LogP contribution in [0.1, 0.15) is 24.2 Å². The zero-order valence-electron chi connectivity index (χ0n) is 17.3. The van der Waals surface area contributed by atoms with Crippen molar-refractivity contribution in [3.8, 4) is 5.75 Å². The van der Waals surface area contributed by atoms with Crippen molar-refractivity contribution in [1.82, 2.24) is 4.31 Å². The Hall–Kier alpha value is -2.79. The van der Waals surface area contributed by atoms with Crippen LogP contribution in [-0.4, -0.2) is 51.6 Å². The summed E-state index contributed by atoms with van der Waals surface area (Å²) in [5.74, 6) is -0.601. The molecule has 0 bridgehead atoms. The smallest absolute Gasteiger partial charge is 0.405 e. The molecular formula is C20H24F3N3O4S. The zero-order valence-corrected chi connectivity index (χ0v) is 18.1. The number of methoxy groups -OCH3 is 1. The van der Waals surface area contributed by atoms with E-state index in [1.54, 1.807) is 19.9 Å². The first-order valence-corrected chi connectivity index (χ1v) is 10.9. The molecule has 2 rings (SSSR count). The number of nitrogens with one attached hydrogen (secondary N) is 2. The monoisotopic (exact) mass is 459 g/mol. The third kappa shape index (κ3) is 6.11. The molecule has 0 unspecified atom stereocenters. The van der Waals surface area contributed by atoms with Gasteiger partial charge in [0.25, 0.3) is 5.91 Å². The standard InChI is InChI=1S/C20H24F3N3O4S/c1-4-26(5-2)31(28,29)18-12-14(10-11-17(18)30-3)19(27)25-16-9-7-6-8-15(16)24-13-20(21,22)23/h6-12,24H,4-5,13H2,1-3H3,(H,25,27). The number of sulfonamides is 1. The van der Waals surface area contributed by atoms with Crippen LogP contribution in [0.3, 0.4) is 0 Å². The first-order chi connectivity index (χ1) is 14.5. The lowest BCUT2D eigenvalue weighted by atomic mass is 10.2. The number of alkyl halides is 3. The van der Waals surface area contributed by atoms with Crippen LogP contribution in [0.15, 0.2) is 47.4 Å². The quantitative estimate of drug-likeness (QED) is 0.593. The molecule has 0 saturated carbocycles. The number of benzene rings is 2. The summed E-state index contributed by atoms with van der Waals surface area (Å²) in [7, 11) is -2.60. The molecule has 0 radical (unpaired) electrons. The minimum absolute atomic E-state index is 0.0113. The van der Waals surface area contributed by atoms with Gasteiger partial charge in [0.1, 0.15) is 17.2 Å². The van der Waals surface area contributed by atoms with Gasteiger partial charge >= 0.3 is 6.18 Å². The Morgan fingerprint density at radius 3 is 2.23 bits per heavy atom. The summed E-state index contributed by atoms with van der Waals surface area (Å²) in [5, 5.41) is 4.75. The second-order valence-corrected chi connectivity index (χ2v) is 8.33. The van der Waals surface area contributed by atoms with Crippen molar-refractivity contribution < 1.29 is 31.1 Å². The molecule has 2 aromatic rings. The van der Waals surface area contributed by atoms with Crippen molar-refractivity contribution in [1.29, 1.82) is 0 Å². The molecule has 11 heteroatoms. The van der Waals surface area contributed by atoms with Crippen LogP contribution in [0.4, 0.5) is 24.5 Å². The number of nitrogens with zero attached hydrogens (tertiary/aromatic N) is 1. The number of anilines is 2. The highest BCUT2D eigenvalue weighted by molar-refractivity contribution is 7.89. The topological polar surface area (TPSA) is 87.7 Å². The molecule has 0 aliphatic rings. The Bertz CT molecular complexity index is 1020. The molecule has 2 N–H and O–H groups in total. The number of hydrogen-bond donors (Lipinski definition) is 2. The molecule has 0 aromatic heterocycles. The summed E-state index contributed by atoms with van der Waals surface area (Å²) in [6.07, 6.45) is -4.43. The van der Waals surface area contributed by atoms with Gasteiger partial charge in [-0.25, -0.2) is 8.42 Å². The maximum atomic E-state index is 12.9. The Morgan fingerprint density at radius 1 is 1.06 bits per heavy atom. The van der Waals surface area contributed by atoms with Gasteiger partial charge in [-0.1, -0.05) is 26.0 Å². The van der Waals surface area contributed by atoms with Crippen LogP contribution < -0.4 is 15.4 Å². The second-order valence-electron chi connectivity index (χ2n) is 6.42. The Kier molecular flexibility index (Phi) is 7.91. The van der Waals surface area contributed by atoms with E-state index in [0.29, 0.717) is 0 Å². The Balaban J connectivity index is 2.36. The largest absolute Gasteiger partial charge is 0.495 e. The summed E-state index contributed by atoms with van der Waals surface area (Å²) in [6.45, 7) is 2.58. The molecule has 0 aliphatic heterocycles. The van der Waals surface area contributed by atoms with E-state index in [4.69, 9.17) is 4.74 Å². The molecule has 1 amide bonds. The van der Waals surface area contributed by atoms with Gasteiger partial charge < -0.3 is 15.4 Å². The van der Waals surface area contributed by atoms with Crippen molar-refractivity contribution in [3.05, 3.63) is 48.0 Å². The zero-order chi connectivity index (χ0) is 23.2. The van der Waals surface area contributed by atoms with E-state index < -0.39 is 28.7 Å². The molecule has 7 nitrogen and oxygen atoms in total. The van der Waals surface area contributed by atoms with E-state index in [0.717, 1.165) is 0 Å². The van der Waals surface area contributed by atoms with Crippen LogP contribution >= 0.6 is 0 Å². The number of para-hydroxylation sites is 2. The lowest BCUT2D eigenvalue weighted by Gasteiger charge is -2.20. The number of halogens is 3. The van der Waals surface area contributed by atoms with Crippen LogP contribution in [-0.2, 0) is 10.0 Å². The first kappa shape index (κ1) is 24.5. The van der Waals surface area contributed by atoms with Gasteiger partial charge in [-0.2, -0.15) is 17.5 Å². The number of rotatable bonds is 9. The molecule has 2 aromatic carbocycles. The molecule has 0 fully saturated rings. The number of ether oxygens (including phenoxy) is 1. The molecular weight excluding hydrogens is 435 g/mol. The van der Waals surface area contributed by atoms with E-state index in [9.17, 15) is 26.4 Å². The molecule has 0 aliphatic carbocycles. The minimum Gasteiger partial charge on any atom is -0.495 e. The van der Waals surface area contributed by atoms with Gasteiger partial charge in [0.05, 0.1) is 18.5 Å². The highest BCUT2D eigenvalue weighted by atomic mass is 32.2. The van der Waals surface area contributed by atoms with Crippen molar-refractivity contribution in [3.63, 3.8) is 0 Å². The molecule has 170 valence electrons. The lowest BCUT2D eigenvalue weighted by Crippen LogP contribution is -2.31. The SMILES string of the molecule is CCN(CC)S(=O)(=O)c1cc(C(=O)Nc2ccccc2NCC(F)(F)F)ccc1OC. The second kappa shape index (κ2) is 10.0. The van der Waals surface area contributed by atoms with Crippen LogP contribution in [0.2, 0.25) is 0 Å². The van der Waals surface area contributed by atoms with Crippen molar-refractivity contribution in [2.75, 3.05) is 37.4 Å². The fourth-order valence-electron chi connectivity index (χ4n) is 2.86. The molecule has 0 heterocycles. The predicted molar refractivity (Wildman–Crippen MR) is 112 cm³/mol. The van der Waals surface area contributed by atoms with Gasteiger partial charge in [-0.3, -0.25) is 4.79 Å². The van der Waals surface area contributed by atoms with E-state index in [1.807, 2.05) is 0 Å². The summed E-state index contributed by atoms with van der Waals surface area (Å²) < 4.78 is 69.8. The van der Waals surface area contributed by atoms with Crippen LogP contribution in [0.25, 0.3) is 0 Å². The number of amides is 1. The number of hydrogen-bond acceptors (Lipinski definition) is 5. The first-order valence-electron chi connectivity index (χ1n) is 9.42. The van der Waals surface area contributed by atoms with E-state index in [2.05, 4.69) is 10.6 Å². The Morgan fingerprint density at radius 2 is 1.68 bits per heavy atom. The van der Waals surface area contributed by atoms with Crippen LogP contribution in [0, 0.1) is 0 Å². The predicted octanol–water partition coefficient (Wildman–Crippen LogP) is 3.95. The average Bonchev–Trinajstić information content (AvgIpc) is 2.72. The van der Waals surface area contributed by atoms with Gasteiger partial charge in [-0.05, 0) is 30.3 Å². The average molecular weight is 459 g/mol. The Labute approximate surface area is 179 Å². The minimum atomic E-state index is -4.43. The van der Waals surface area contributed by atoms with Gasteiger partial charge in [0.2, 0.25) is 10.0 Å². The van der Waals surface area contributed by atoms with Crippen molar-refractivity contribution >= 4 is 27.3 Å². The lowest BCUT2D eigenvalue weighted by molar-refractivity contribution is -0.115. The molecule has 31 heavy (non-hydrogen) atoms. The maximum absolute atomic E-state index is 12.9. The molecule has 0 atom stereocenters. The highest BCUT2D eigenvalue weighted by Gasteiger charge is 2.28. The third-order valence-electron chi connectivity index (χ3n) is 4.40.